The van der Waals surface area contributed by atoms with Crippen LogP contribution in [0.2, 0.25) is 0 Å². The van der Waals surface area contributed by atoms with Gasteiger partial charge in [0.1, 0.15) is 0 Å². The van der Waals surface area contributed by atoms with Crippen molar-refractivity contribution in [1.29, 1.82) is 0 Å². The van der Waals surface area contributed by atoms with Crippen LogP contribution in [0, 0.1) is 0 Å². The van der Waals surface area contributed by atoms with Gasteiger partial charge < -0.3 is 9.80 Å². The molecule has 0 saturated carbocycles. The van der Waals surface area contributed by atoms with Gasteiger partial charge in [-0.1, -0.05) is 36.5 Å². The Labute approximate surface area is 170 Å². The minimum Gasteiger partial charge on any atom is -0.345 e. The lowest BCUT2D eigenvalue weighted by Gasteiger charge is -2.35. The fourth-order valence-corrected chi connectivity index (χ4v) is 4.58. The van der Waals surface area contributed by atoms with E-state index in [2.05, 4.69) is 28.9 Å². The molecular weight excluding hydrogens is 399 g/mol. The predicted molar refractivity (Wildman–Crippen MR) is 109 cm³/mol. The van der Waals surface area contributed by atoms with Crippen molar-refractivity contribution in [3.05, 3.63) is 59.2 Å². The first-order valence-electron chi connectivity index (χ1n) is 9.46. The van der Waals surface area contributed by atoms with Crippen molar-refractivity contribution in [3.63, 3.8) is 0 Å². The fraction of sp³-hybridized carbons (Fsp3) is 0.333. The quantitative estimate of drug-likeness (QED) is 0.610. The van der Waals surface area contributed by atoms with E-state index in [9.17, 15) is 18.0 Å². The number of benzene rings is 2. The molecule has 4 nitrogen and oxygen atoms in total. The van der Waals surface area contributed by atoms with Crippen LogP contribution in [0.3, 0.4) is 0 Å². The molecule has 1 saturated heterocycles. The summed E-state index contributed by atoms with van der Waals surface area (Å²) in [5.41, 5.74) is 1.03. The van der Waals surface area contributed by atoms with E-state index in [0.29, 0.717) is 26.2 Å². The van der Waals surface area contributed by atoms with Crippen LogP contribution in [0.15, 0.2) is 42.5 Å². The molecule has 8 heteroatoms. The molecule has 0 spiro atoms. The molecule has 0 unspecified atom stereocenters. The maximum Gasteiger partial charge on any atom is 0.417 e. The number of hydrogen-bond acceptors (Lipinski definition) is 4. The predicted octanol–water partition coefficient (Wildman–Crippen LogP) is 4.84. The van der Waals surface area contributed by atoms with E-state index in [0.717, 1.165) is 27.8 Å². The van der Waals surface area contributed by atoms with E-state index < -0.39 is 17.6 Å². The Balaban J connectivity index is 1.48. The topological polar surface area (TPSA) is 36.4 Å². The average molecular weight is 419 g/mol. The van der Waals surface area contributed by atoms with Crippen LogP contribution >= 0.6 is 11.3 Å². The third-order valence-corrected chi connectivity index (χ3v) is 6.23. The molecule has 2 heterocycles. The molecule has 0 bridgehead atoms. The number of thiazole rings is 1. The number of anilines is 1. The number of amides is 1. The summed E-state index contributed by atoms with van der Waals surface area (Å²) < 4.78 is 40.8. The highest BCUT2D eigenvalue weighted by atomic mass is 32.1. The molecule has 0 radical (unpaired) electrons. The molecule has 1 amide bonds. The Morgan fingerprint density at radius 3 is 2.52 bits per heavy atom. The summed E-state index contributed by atoms with van der Waals surface area (Å²) in [6.07, 6.45) is -3.59. The number of aryl methyl sites for hydroxylation is 1. The number of nitrogens with zero attached hydrogens (tertiary/aromatic N) is 3. The summed E-state index contributed by atoms with van der Waals surface area (Å²) in [6.45, 7) is 3.92. The lowest BCUT2D eigenvalue weighted by Crippen LogP contribution is -2.49. The van der Waals surface area contributed by atoms with Gasteiger partial charge in [-0.25, -0.2) is 4.98 Å². The third kappa shape index (κ3) is 3.94. The molecule has 0 aliphatic carbocycles. The summed E-state index contributed by atoms with van der Waals surface area (Å²) in [4.78, 5) is 21.0. The van der Waals surface area contributed by atoms with Crippen molar-refractivity contribution in [1.82, 2.24) is 9.88 Å². The SMILES string of the molecule is CCc1ccc2nc(N3CCN(C(=O)c4ccccc4C(F)(F)F)CC3)sc2c1. The van der Waals surface area contributed by atoms with Crippen molar-refractivity contribution >= 4 is 32.6 Å². The monoisotopic (exact) mass is 419 g/mol. The zero-order valence-corrected chi connectivity index (χ0v) is 16.7. The first-order valence-corrected chi connectivity index (χ1v) is 10.3. The van der Waals surface area contributed by atoms with Crippen LogP contribution in [0.1, 0.15) is 28.4 Å². The molecule has 1 fully saturated rings. The lowest BCUT2D eigenvalue weighted by atomic mass is 10.1. The van der Waals surface area contributed by atoms with Gasteiger partial charge in [0, 0.05) is 26.2 Å². The largest absolute Gasteiger partial charge is 0.417 e. The van der Waals surface area contributed by atoms with Crippen LogP contribution in [-0.2, 0) is 12.6 Å². The highest BCUT2D eigenvalue weighted by Gasteiger charge is 2.36. The molecular formula is C21H20F3N3OS. The molecule has 0 atom stereocenters. The molecule has 2 aromatic carbocycles. The molecule has 152 valence electrons. The molecule has 4 rings (SSSR count). The second kappa shape index (κ2) is 7.67. The van der Waals surface area contributed by atoms with Crippen molar-refractivity contribution in [2.75, 3.05) is 31.1 Å². The summed E-state index contributed by atoms with van der Waals surface area (Å²) >= 11 is 1.61. The van der Waals surface area contributed by atoms with E-state index in [-0.39, 0.29) is 5.56 Å². The van der Waals surface area contributed by atoms with Gasteiger partial charge in [0.2, 0.25) is 0 Å². The van der Waals surface area contributed by atoms with Gasteiger partial charge in [-0.05, 0) is 36.2 Å². The first-order chi connectivity index (χ1) is 13.9. The third-order valence-electron chi connectivity index (χ3n) is 5.15. The van der Waals surface area contributed by atoms with Gasteiger partial charge in [0.05, 0.1) is 21.3 Å². The van der Waals surface area contributed by atoms with Crippen molar-refractivity contribution in [3.8, 4) is 0 Å². The molecule has 1 aliphatic rings. The number of fused-ring (bicyclic) bond motifs is 1. The fourth-order valence-electron chi connectivity index (χ4n) is 3.50. The number of carbonyl (C=O) groups is 1. The van der Waals surface area contributed by atoms with Gasteiger partial charge in [-0.2, -0.15) is 13.2 Å². The standard InChI is InChI=1S/C21H20F3N3OS/c1-2-14-7-8-17-18(13-14)29-20(25-17)27-11-9-26(10-12-27)19(28)15-5-3-4-6-16(15)21(22,23)24/h3-8,13H,2,9-12H2,1H3. The zero-order chi connectivity index (χ0) is 20.6. The Bertz CT molecular complexity index is 1040. The Morgan fingerprint density at radius 2 is 1.83 bits per heavy atom. The maximum absolute atomic E-state index is 13.2. The molecule has 29 heavy (non-hydrogen) atoms. The van der Waals surface area contributed by atoms with E-state index in [1.807, 2.05) is 6.07 Å². The summed E-state index contributed by atoms with van der Waals surface area (Å²) in [7, 11) is 0. The average Bonchev–Trinajstić information content (AvgIpc) is 3.16. The lowest BCUT2D eigenvalue weighted by molar-refractivity contribution is -0.138. The van der Waals surface area contributed by atoms with Crippen molar-refractivity contribution in [2.24, 2.45) is 0 Å². The first kappa shape index (κ1) is 19.7. The van der Waals surface area contributed by atoms with E-state index in [4.69, 9.17) is 0 Å². The second-order valence-corrected chi connectivity index (χ2v) is 7.98. The Morgan fingerprint density at radius 1 is 1.10 bits per heavy atom. The van der Waals surface area contributed by atoms with E-state index >= 15 is 0 Å². The number of hydrogen-bond donors (Lipinski definition) is 0. The number of carbonyl (C=O) groups excluding carboxylic acids is 1. The van der Waals surface area contributed by atoms with Crippen LogP contribution in [0.25, 0.3) is 10.2 Å². The number of halogens is 3. The minimum atomic E-state index is -4.55. The minimum absolute atomic E-state index is 0.291. The van der Waals surface area contributed by atoms with Gasteiger partial charge in [-0.15, -0.1) is 0 Å². The number of rotatable bonds is 3. The summed E-state index contributed by atoms with van der Waals surface area (Å²) in [5, 5.41) is 0.885. The number of alkyl halides is 3. The smallest absolute Gasteiger partial charge is 0.345 e. The molecule has 1 aromatic heterocycles. The van der Waals surface area contributed by atoms with Gasteiger partial charge in [0.25, 0.3) is 5.91 Å². The molecule has 0 N–H and O–H groups in total. The van der Waals surface area contributed by atoms with Crippen LogP contribution in [0.5, 0.6) is 0 Å². The van der Waals surface area contributed by atoms with Gasteiger partial charge in [0.15, 0.2) is 5.13 Å². The van der Waals surface area contributed by atoms with Gasteiger partial charge >= 0.3 is 6.18 Å². The number of piperazine rings is 1. The number of aromatic nitrogens is 1. The second-order valence-electron chi connectivity index (χ2n) is 6.97. The highest BCUT2D eigenvalue weighted by Crippen LogP contribution is 2.33. The van der Waals surface area contributed by atoms with Crippen LogP contribution < -0.4 is 4.90 Å². The van der Waals surface area contributed by atoms with Crippen LogP contribution in [-0.4, -0.2) is 42.0 Å². The molecule has 3 aromatic rings. The Kier molecular flexibility index (Phi) is 5.21. The normalized spacial score (nSPS) is 15.2. The summed E-state index contributed by atoms with van der Waals surface area (Å²) in [5.74, 6) is -0.575. The van der Waals surface area contributed by atoms with Crippen molar-refractivity contribution < 1.29 is 18.0 Å². The highest BCUT2D eigenvalue weighted by molar-refractivity contribution is 7.22. The van der Waals surface area contributed by atoms with Crippen molar-refractivity contribution in [2.45, 2.75) is 19.5 Å². The Hall–Kier alpha value is -2.61. The van der Waals surface area contributed by atoms with E-state index in [1.54, 1.807) is 11.3 Å². The van der Waals surface area contributed by atoms with Crippen LogP contribution in [0.4, 0.5) is 18.3 Å². The van der Waals surface area contributed by atoms with Gasteiger partial charge in [-0.3, -0.25) is 4.79 Å². The van der Waals surface area contributed by atoms with E-state index in [1.165, 1.54) is 28.7 Å². The summed E-state index contributed by atoms with van der Waals surface area (Å²) in [6, 6.07) is 11.2. The zero-order valence-electron chi connectivity index (χ0n) is 15.9. The molecule has 1 aliphatic heterocycles. The maximum atomic E-state index is 13.2.